The van der Waals surface area contributed by atoms with Gasteiger partial charge in [-0.1, -0.05) is 48.5 Å². The quantitative estimate of drug-likeness (QED) is 0.630. The fourth-order valence-corrected chi connectivity index (χ4v) is 4.84. The predicted molar refractivity (Wildman–Crippen MR) is 120 cm³/mol. The lowest BCUT2D eigenvalue weighted by Gasteiger charge is -2.32. The van der Waals surface area contributed by atoms with E-state index in [1.165, 1.54) is 23.1 Å². The van der Waals surface area contributed by atoms with Gasteiger partial charge in [0.15, 0.2) is 0 Å². The Labute approximate surface area is 186 Å². The van der Waals surface area contributed by atoms with Crippen molar-refractivity contribution in [2.75, 3.05) is 25.2 Å². The van der Waals surface area contributed by atoms with Crippen LogP contribution in [-0.4, -0.2) is 37.4 Å². The zero-order valence-electron chi connectivity index (χ0n) is 17.7. The third kappa shape index (κ3) is 3.28. The van der Waals surface area contributed by atoms with Crippen molar-refractivity contribution in [1.82, 2.24) is 0 Å². The van der Waals surface area contributed by atoms with Gasteiger partial charge in [0, 0.05) is 12.5 Å². The number of benzene rings is 3. The van der Waals surface area contributed by atoms with Gasteiger partial charge in [0.2, 0.25) is 0 Å². The molecule has 1 amide bonds. The highest BCUT2D eigenvalue weighted by molar-refractivity contribution is 5.92. The Hall–Kier alpha value is -3.80. The van der Waals surface area contributed by atoms with E-state index in [-0.39, 0.29) is 19.1 Å². The molecule has 1 unspecified atom stereocenters. The van der Waals surface area contributed by atoms with Crippen LogP contribution in [0.2, 0.25) is 0 Å². The summed E-state index contributed by atoms with van der Waals surface area (Å²) in [6, 6.07) is 21.5. The fourth-order valence-electron chi connectivity index (χ4n) is 4.84. The summed E-state index contributed by atoms with van der Waals surface area (Å²) < 4.78 is 11.1. The molecule has 0 saturated heterocycles. The zero-order valence-corrected chi connectivity index (χ0v) is 17.7. The predicted octanol–water partition coefficient (Wildman–Crippen LogP) is 5.02. The van der Waals surface area contributed by atoms with Crippen molar-refractivity contribution in [2.24, 2.45) is 0 Å². The maximum atomic E-state index is 13.1. The number of ether oxygens (including phenoxy) is 2. The summed E-state index contributed by atoms with van der Waals surface area (Å²) in [6.45, 7) is 0.504. The first-order valence-electron chi connectivity index (χ1n) is 10.6. The molecule has 2 aliphatic rings. The molecule has 0 bridgehead atoms. The van der Waals surface area contributed by atoms with Crippen molar-refractivity contribution in [3.05, 3.63) is 83.4 Å². The Balaban J connectivity index is 1.40. The van der Waals surface area contributed by atoms with Gasteiger partial charge in [-0.25, -0.2) is 4.79 Å². The van der Waals surface area contributed by atoms with Crippen LogP contribution in [0.25, 0.3) is 11.1 Å². The van der Waals surface area contributed by atoms with Crippen molar-refractivity contribution in [3.8, 4) is 16.9 Å². The zero-order chi connectivity index (χ0) is 22.2. The maximum absolute atomic E-state index is 13.1. The lowest BCUT2D eigenvalue weighted by Crippen LogP contribution is -2.39. The Morgan fingerprint density at radius 2 is 1.62 bits per heavy atom. The smallest absolute Gasteiger partial charge is 0.414 e. The maximum Gasteiger partial charge on any atom is 0.414 e. The molecule has 5 rings (SSSR count). The average molecular weight is 429 g/mol. The molecule has 1 aliphatic carbocycles. The lowest BCUT2D eigenvalue weighted by atomic mass is 9.90. The molecule has 6 heteroatoms. The van der Waals surface area contributed by atoms with Crippen molar-refractivity contribution >= 4 is 17.7 Å². The molecule has 6 nitrogen and oxygen atoms in total. The van der Waals surface area contributed by atoms with Gasteiger partial charge in [-0.05, 0) is 52.4 Å². The molecule has 0 fully saturated rings. The number of rotatable bonds is 4. The topological polar surface area (TPSA) is 76.1 Å². The number of carbonyl (C=O) groups excluding carboxylic acids is 1. The van der Waals surface area contributed by atoms with Crippen LogP contribution in [0.15, 0.2) is 66.7 Å². The minimum absolute atomic E-state index is 0.0294. The summed E-state index contributed by atoms with van der Waals surface area (Å²) in [7, 11) is 1.53. The molecular weight excluding hydrogens is 406 g/mol. The van der Waals surface area contributed by atoms with Crippen LogP contribution >= 0.6 is 0 Å². The highest BCUT2D eigenvalue weighted by atomic mass is 16.6. The number of anilines is 1. The third-order valence-electron chi connectivity index (χ3n) is 6.40. The first-order valence-corrected chi connectivity index (χ1v) is 10.6. The van der Waals surface area contributed by atoms with Crippen LogP contribution in [0.3, 0.4) is 0 Å². The molecule has 0 saturated carbocycles. The molecular formula is C26H23NO5. The van der Waals surface area contributed by atoms with Gasteiger partial charge in [0.25, 0.3) is 0 Å². The number of amides is 1. The summed E-state index contributed by atoms with van der Waals surface area (Å²) in [6.07, 6.45) is -0.151. The summed E-state index contributed by atoms with van der Waals surface area (Å²) in [5, 5.41) is 9.63. The summed E-state index contributed by atoms with van der Waals surface area (Å²) in [5.74, 6) is -1.06. The van der Waals surface area contributed by atoms with E-state index < -0.39 is 18.0 Å². The Kier molecular flexibility index (Phi) is 5.05. The standard InChI is InChI=1S/C26H23NO5/c1-31-16-10-11-24-22(14-16)21(25(28)29)12-13-27(24)26(30)32-15-23-19-8-4-2-6-17(19)18-7-3-5-9-20(18)23/h2-11,14,21,23H,12-13,15H2,1H3,(H,28,29). The van der Waals surface area contributed by atoms with Gasteiger partial charge in [0.05, 0.1) is 18.7 Å². The van der Waals surface area contributed by atoms with Crippen LogP contribution in [0.5, 0.6) is 5.75 Å². The van der Waals surface area contributed by atoms with E-state index in [1.54, 1.807) is 18.2 Å². The molecule has 0 radical (unpaired) electrons. The molecule has 162 valence electrons. The Bertz CT molecular complexity index is 1160. The van der Waals surface area contributed by atoms with Crippen molar-refractivity contribution in [3.63, 3.8) is 0 Å². The van der Waals surface area contributed by atoms with Crippen LogP contribution in [-0.2, 0) is 9.53 Å². The largest absolute Gasteiger partial charge is 0.497 e. The molecule has 0 spiro atoms. The monoisotopic (exact) mass is 429 g/mol. The van der Waals surface area contributed by atoms with E-state index in [0.717, 1.165) is 11.1 Å². The molecule has 1 N–H and O–H groups in total. The van der Waals surface area contributed by atoms with Crippen LogP contribution in [0.4, 0.5) is 10.5 Å². The average Bonchev–Trinajstić information content (AvgIpc) is 3.15. The SMILES string of the molecule is COc1ccc2c(c1)C(C(=O)O)CCN2C(=O)OCC1c2ccccc2-c2ccccc21. The molecule has 32 heavy (non-hydrogen) atoms. The van der Waals surface area contributed by atoms with Gasteiger partial charge >= 0.3 is 12.1 Å². The van der Waals surface area contributed by atoms with Crippen LogP contribution < -0.4 is 9.64 Å². The summed E-state index contributed by atoms with van der Waals surface area (Å²) >= 11 is 0. The molecule has 1 atom stereocenters. The Morgan fingerprint density at radius 1 is 0.969 bits per heavy atom. The number of carboxylic acid groups (broad SMARTS) is 1. The number of aliphatic carboxylic acids is 1. The number of fused-ring (bicyclic) bond motifs is 4. The van der Waals surface area contributed by atoms with Crippen molar-refractivity contribution in [1.29, 1.82) is 0 Å². The number of carbonyl (C=O) groups is 2. The second kappa shape index (κ2) is 8.04. The van der Waals surface area contributed by atoms with Gasteiger partial charge in [-0.2, -0.15) is 0 Å². The first kappa shape index (κ1) is 20.1. The number of hydrogen-bond acceptors (Lipinski definition) is 4. The molecule has 3 aromatic rings. The van der Waals surface area contributed by atoms with E-state index in [9.17, 15) is 14.7 Å². The van der Waals surface area contributed by atoms with Gasteiger partial charge in [-0.15, -0.1) is 0 Å². The van der Waals surface area contributed by atoms with E-state index in [1.807, 2.05) is 24.3 Å². The van der Waals surface area contributed by atoms with Crippen molar-refractivity contribution in [2.45, 2.75) is 18.3 Å². The highest BCUT2D eigenvalue weighted by Gasteiger charge is 2.35. The van der Waals surface area contributed by atoms with E-state index in [2.05, 4.69) is 24.3 Å². The van der Waals surface area contributed by atoms with Gasteiger partial charge in [-0.3, -0.25) is 9.69 Å². The number of carboxylic acids is 1. The van der Waals surface area contributed by atoms with Crippen LogP contribution in [0.1, 0.15) is 34.9 Å². The van der Waals surface area contributed by atoms with Crippen molar-refractivity contribution < 1.29 is 24.2 Å². The minimum Gasteiger partial charge on any atom is -0.497 e. The second-order valence-corrected chi connectivity index (χ2v) is 8.06. The van der Waals surface area contributed by atoms with Gasteiger partial charge < -0.3 is 14.6 Å². The molecule has 0 aromatic heterocycles. The molecule has 1 aliphatic heterocycles. The Morgan fingerprint density at radius 3 is 2.25 bits per heavy atom. The number of nitrogens with zero attached hydrogens (tertiary/aromatic N) is 1. The highest BCUT2D eigenvalue weighted by Crippen LogP contribution is 2.45. The summed E-state index contributed by atoms with van der Waals surface area (Å²) in [4.78, 5) is 26.4. The third-order valence-corrected chi connectivity index (χ3v) is 6.40. The number of hydrogen-bond donors (Lipinski definition) is 1. The first-order chi connectivity index (χ1) is 15.6. The fraction of sp³-hybridized carbons (Fsp3) is 0.231. The van der Waals surface area contributed by atoms with E-state index in [4.69, 9.17) is 9.47 Å². The second-order valence-electron chi connectivity index (χ2n) is 8.06. The van der Waals surface area contributed by atoms with Crippen LogP contribution in [0, 0.1) is 0 Å². The van der Waals surface area contributed by atoms with E-state index >= 15 is 0 Å². The minimum atomic E-state index is -0.910. The van der Waals surface area contributed by atoms with E-state index in [0.29, 0.717) is 23.4 Å². The molecule has 3 aromatic carbocycles. The normalized spacial score (nSPS) is 16.7. The summed E-state index contributed by atoms with van der Waals surface area (Å²) in [5.41, 5.74) is 5.76. The van der Waals surface area contributed by atoms with Gasteiger partial charge in [0.1, 0.15) is 12.4 Å². The lowest BCUT2D eigenvalue weighted by molar-refractivity contribution is -0.139. The molecule has 1 heterocycles. The number of methoxy groups -OCH3 is 1.